The first-order valence-corrected chi connectivity index (χ1v) is 10.2. The van der Waals surface area contributed by atoms with Gasteiger partial charge in [0.15, 0.2) is 11.0 Å². The van der Waals surface area contributed by atoms with E-state index in [9.17, 15) is 4.79 Å². The molecule has 3 aromatic rings. The van der Waals surface area contributed by atoms with E-state index >= 15 is 0 Å². The highest BCUT2D eigenvalue weighted by molar-refractivity contribution is 7.99. The summed E-state index contributed by atoms with van der Waals surface area (Å²) < 4.78 is 2.01. The van der Waals surface area contributed by atoms with Gasteiger partial charge in [0.1, 0.15) is 0 Å². The molecule has 0 radical (unpaired) electrons. The third kappa shape index (κ3) is 4.44. The van der Waals surface area contributed by atoms with Crippen molar-refractivity contribution in [1.82, 2.24) is 19.7 Å². The Bertz CT molecular complexity index is 941. The summed E-state index contributed by atoms with van der Waals surface area (Å²) in [5.74, 6) is 1.14. The van der Waals surface area contributed by atoms with Crippen molar-refractivity contribution >= 4 is 17.7 Å². The molecule has 0 spiro atoms. The van der Waals surface area contributed by atoms with Crippen molar-refractivity contribution in [3.05, 3.63) is 60.2 Å². The third-order valence-corrected chi connectivity index (χ3v) is 5.39. The lowest BCUT2D eigenvalue weighted by molar-refractivity contribution is -0.125. The molecule has 0 aliphatic heterocycles. The molecular formula is C22H26N4OS. The predicted molar refractivity (Wildman–Crippen MR) is 115 cm³/mol. The summed E-state index contributed by atoms with van der Waals surface area (Å²) in [4.78, 5) is 13.6. The molecule has 5 nitrogen and oxygen atoms in total. The van der Waals surface area contributed by atoms with Gasteiger partial charge in [-0.05, 0) is 23.1 Å². The number of aromatic nitrogens is 3. The average molecular weight is 395 g/mol. The number of nitrogens with zero attached hydrogens (tertiary/aromatic N) is 4. The minimum Gasteiger partial charge on any atom is -0.348 e. The molecule has 0 N–H and O–H groups in total. The van der Waals surface area contributed by atoms with Gasteiger partial charge in [0, 0.05) is 25.3 Å². The van der Waals surface area contributed by atoms with Crippen molar-refractivity contribution < 1.29 is 4.79 Å². The first kappa shape index (κ1) is 20.1. The predicted octanol–water partition coefficient (Wildman–Crippen LogP) is 4.41. The van der Waals surface area contributed by atoms with Gasteiger partial charge in [0.05, 0.1) is 5.75 Å². The van der Waals surface area contributed by atoms with E-state index in [1.807, 2.05) is 34.9 Å². The molecule has 6 heteroatoms. The fourth-order valence-corrected chi connectivity index (χ4v) is 3.67. The molecule has 1 amide bonds. The molecule has 0 aliphatic rings. The summed E-state index contributed by atoms with van der Waals surface area (Å²) in [5.41, 5.74) is 3.34. The minimum absolute atomic E-state index is 0.0451. The van der Waals surface area contributed by atoms with E-state index in [2.05, 4.69) is 55.2 Å². The smallest absolute Gasteiger partial charge is 0.232 e. The zero-order valence-corrected chi connectivity index (χ0v) is 17.8. The highest BCUT2D eigenvalue weighted by Crippen LogP contribution is 2.30. The Morgan fingerprint density at radius 3 is 2.21 bits per heavy atom. The quantitative estimate of drug-likeness (QED) is 0.602. The molecule has 0 aliphatic carbocycles. The summed E-state index contributed by atoms with van der Waals surface area (Å²) in [7, 11) is 3.51. The lowest BCUT2D eigenvalue weighted by Crippen LogP contribution is -2.23. The van der Waals surface area contributed by atoms with Gasteiger partial charge in [0.2, 0.25) is 5.91 Å². The number of carbonyl (C=O) groups is 1. The van der Waals surface area contributed by atoms with E-state index in [4.69, 9.17) is 0 Å². The first-order valence-electron chi connectivity index (χ1n) is 9.22. The fraction of sp³-hybridized carbons (Fsp3) is 0.318. The summed E-state index contributed by atoms with van der Waals surface area (Å²) >= 11 is 1.40. The number of benzene rings is 2. The third-order valence-electron chi connectivity index (χ3n) is 4.48. The molecule has 28 heavy (non-hydrogen) atoms. The van der Waals surface area contributed by atoms with Crippen molar-refractivity contribution in [3.8, 4) is 17.1 Å². The molecule has 3 rings (SSSR count). The van der Waals surface area contributed by atoms with Gasteiger partial charge in [-0.25, -0.2) is 0 Å². The maximum absolute atomic E-state index is 12.0. The lowest BCUT2D eigenvalue weighted by Gasteiger charge is -2.19. The van der Waals surface area contributed by atoms with Crippen LogP contribution in [0.2, 0.25) is 0 Å². The van der Waals surface area contributed by atoms with Gasteiger partial charge in [0.25, 0.3) is 0 Å². The van der Waals surface area contributed by atoms with Crippen LogP contribution in [0.1, 0.15) is 26.3 Å². The Hall–Kier alpha value is -2.60. The number of hydrogen-bond donors (Lipinski definition) is 0. The van der Waals surface area contributed by atoms with Crippen molar-refractivity contribution in [2.24, 2.45) is 0 Å². The van der Waals surface area contributed by atoms with E-state index in [0.29, 0.717) is 10.9 Å². The van der Waals surface area contributed by atoms with Gasteiger partial charge >= 0.3 is 0 Å². The second kappa shape index (κ2) is 8.19. The van der Waals surface area contributed by atoms with Crippen LogP contribution in [0.4, 0.5) is 0 Å². The van der Waals surface area contributed by atoms with E-state index in [1.54, 1.807) is 19.0 Å². The summed E-state index contributed by atoms with van der Waals surface area (Å²) in [6.45, 7) is 6.60. The summed E-state index contributed by atoms with van der Waals surface area (Å²) in [6.07, 6.45) is 0. The topological polar surface area (TPSA) is 51.0 Å². The largest absolute Gasteiger partial charge is 0.348 e. The van der Waals surface area contributed by atoms with Gasteiger partial charge in [-0.1, -0.05) is 75.0 Å². The minimum atomic E-state index is 0.0451. The van der Waals surface area contributed by atoms with E-state index < -0.39 is 0 Å². The van der Waals surface area contributed by atoms with Crippen LogP contribution in [0.3, 0.4) is 0 Å². The monoisotopic (exact) mass is 394 g/mol. The molecule has 146 valence electrons. The van der Waals surface area contributed by atoms with Crippen LogP contribution >= 0.6 is 11.8 Å². The van der Waals surface area contributed by atoms with Gasteiger partial charge in [-0.15, -0.1) is 10.2 Å². The number of para-hydroxylation sites is 1. The summed E-state index contributed by atoms with van der Waals surface area (Å²) in [5, 5.41) is 9.53. The zero-order valence-electron chi connectivity index (χ0n) is 17.0. The van der Waals surface area contributed by atoms with Crippen LogP contribution < -0.4 is 0 Å². The van der Waals surface area contributed by atoms with Gasteiger partial charge < -0.3 is 4.90 Å². The normalized spacial score (nSPS) is 11.5. The molecule has 0 unspecified atom stereocenters. The van der Waals surface area contributed by atoms with Crippen LogP contribution in [0.25, 0.3) is 17.1 Å². The van der Waals surface area contributed by atoms with Crippen molar-refractivity contribution in [1.29, 1.82) is 0 Å². The van der Waals surface area contributed by atoms with Crippen LogP contribution in [-0.4, -0.2) is 45.4 Å². The zero-order chi connectivity index (χ0) is 20.3. The van der Waals surface area contributed by atoms with E-state index in [0.717, 1.165) is 17.1 Å². The van der Waals surface area contributed by atoms with Gasteiger partial charge in [-0.2, -0.15) is 0 Å². The van der Waals surface area contributed by atoms with Crippen LogP contribution in [0, 0.1) is 0 Å². The van der Waals surface area contributed by atoms with Crippen LogP contribution in [0.5, 0.6) is 0 Å². The standard InChI is InChI=1S/C22H26N4OS/c1-22(2,3)17-13-11-16(12-14-17)20-23-24-21(28-15-19(27)25(4)5)26(20)18-9-7-6-8-10-18/h6-14H,15H2,1-5H3. The van der Waals surface area contributed by atoms with Crippen LogP contribution in [0.15, 0.2) is 59.8 Å². The molecular weight excluding hydrogens is 368 g/mol. The molecule has 0 saturated heterocycles. The number of rotatable bonds is 5. The lowest BCUT2D eigenvalue weighted by atomic mass is 9.87. The number of thioether (sulfide) groups is 1. The van der Waals surface area contributed by atoms with Gasteiger partial charge in [-0.3, -0.25) is 9.36 Å². The maximum atomic E-state index is 12.0. The highest BCUT2D eigenvalue weighted by atomic mass is 32.2. The number of carbonyl (C=O) groups excluding carboxylic acids is 1. The number of amides is 1. The Balaban J connectivity index is 2.01. The SMILES string of the molecule is CN(C)C(=O)CSc1nnc(-c2ccc(C(C)(C)C)cc2)n1-c1ccccc1. The highest BCUT2D eigenvalue weighted by Gasteiger charge is 2.19. The van der Waals surface area contributed by atoms with Crippen LogP contribution in [-0.2, 0) is 10.2 Å². The Kier molecular flexibility index (Phi) is 5.89. The van der Waals surface area contributed by atoms with E-state index in [1.165, 1.54) is 17.3 Å². The molecule has 0 atom stereocenters. The maximum Gasteiger partial charge on any atom is 0.232 e. The Labute approximate surface area is 170 Å². The first-order chi connectivity index (χ1) is 13.3. The van der Waals surface area contributed by atoms with Crippen molar-refractivity contribution in [3.63, 3.8) is 0 Å². The fourth-order valence-electron chi connectivity index (χ4n) is 2.73. The Morgan fingerprint density at radius 1 is 1.00 bits per heavy atom. The number of hydrogen-bond acceptors (Lipinski definition) is 4. The van der Waals surface area contributed by atoms with Crippen molar-refractivity contribution in [2.45, 2.75) is 31.3 Å². The molecule has 0 bridgehead atoms. The molecule has 2 aromatic carbocycles. The average Bonchev–Trinajstić information content (AvgIpc) is 3.10. The summed E-state index contributed by atoms with van der Waals surface area (Å²) in [6, 6.07) is 18.5. The Morgan fingerprint density at radius 2 is 1.64 bits per heavy atom. The molecule has 1 aromatic heterocycles. The van der Waals surface area contributed by atoms with E-state index in [-0.39, 0.29) is 11.3 Å². The second-order valence-electron chi connectivity index (χ2n) is 7.88. The van der Waals surface area contributed by atoms with Crippen molar-refractivity contribution in [2.75, 3.05) is 19.8 Å². The molecule has 0 saturated carbocycles. The second-order valence-corrected chi connectivity index (χ2v) is 8.82. The molecule has 1 heterocycles. The molecule has 0 fully saturated rings.